The van der Waals surface area contributed by atoms with Gasteiger partial charge in [0, 0.05) is 11.1 Å². The predicted octanol–water partition coefficient (Wildman–Crippen LogP) is 0.278. The van der Waals surface area contributed by atoms with Crippen LogP contribution in [-0.2, 0) is 57.2 Å². The molecule has 3 atom stereocenters. The van der Waals surface area contributed by atoms with Gasteiger partial charge in [0.05, 0.1) is 53.1 Å². The first-order chi connectivity index (χ1) is 15.4. The molecular weight excluding hydrogens is 444 g/mol. The molecule has 0 aromatic rings. The Hall–Kier alpha value is -3.70. The molecule has 0 aliphatic heterocycles. The zero-order chi connectivity index (χ0) is 25.7. The lowest BCUT2D eigenvalue weighted by Gasteiger charge is -2.19. The van der Waals surface area contributed by atoms with Crippen LogP contribution in [-0.4, -0.2) is 77.0 Å². The summed E-state index contributed by atoms with van der Waals surface area (Å²) in [6.07, 6.45) is -1.99. The van der Waals surface area contributed by atoms with E-state index in [9.17, 15) is 28.8 Å². The summed E-state index contributed by atoms with van der Waals surface area (Å²) in [5.41, 5.74) is -0.724. The van der Waals surface area contributed by atoms with Gasteiger partial charge in [-0.1, -0.05) is 13.2 Å². The number of methoxy groups -OCH3 is 4. The molecule has 12 nitrogen and oxygen atoms in total. The summed E-state index contributed by atoms with van der Waals surface area (Å²) in [5.74, 6) is -8.05. The Balaban J connectivity index is 5.03. The molecule has 0 N–H and O–H groups in total. The minimum absolute atomic E-state index is 0.362. The molecule has 0 aliphatic rings. The van der Waals surface area contributed by atoms with E-state index in [0.29, 0.717) is 0 Å². The summed E-state index contributed by atoms with van der Waals surface area (Å²) in [6.45, 7) is 7.86. The Morgan fingerprint density at radius 1 is 0.667 bits per heavy atom. The maximum atomic E-state index is 12.3. The van der Waals surface area contributed by atoms with Gasteiger partial charge in [-0.25, -0.2) is 9.59 Å². The van der Waals surface area contributed by atoms with Gasteiger partial charge in [0.2, 0.25) is 0 Å². The molecule has 33 heavy (non-hydrogen) atoms. The predicted molar refractivity (Wildman–Crippen MR) is 109 cm³/mol. The van der Waals surface area contributed by atoms with Gasteiger partial charge in [-0.3, -0.25) is 19.2 Å². The summed E-state index contributed by atoms with van der Waals surface area (Å²) in [7, 11) is 4.36. The molecule has 0 aliphatic carbocycles. The van der Waals surface area contributed by atoms with Crippen LogP contribution in [0.2, 0.25) is 0 Å². The highest BCUT2D eigenvalue weighted by atomic mass is 16.6. The average molecular weight is 472 g/mol. The van der Waals surface area contributed by atoms with Crippen LogP contribution in [0.4, 0.5) is 0 Å². The summed E-state index contributed by atoms with van der Waals surface area (Å²) < 4.78 is 28.1. The number of carbonyl (C=O) groups is 6. The molecule has 0 bridgehead atoms. The molecule has 0 aromatic heterocycles. The number of esters is 6. The van der Waals surface area contributed by atoms with Crippen LogP contribution < -0.4 is 0 Å². The van der Waals surface area contributed by atoms with Crippen LogP contribution in [0.1, 0.15) is 19.8 Å². The first kappa shape index (κ1) is 29.3. The molecule has 0 saturated heterocycles. The van der Waals surface area contributed by atoms with Crippen molar-refractivity contribution in [1.82, 2.24) is 0 Å². The third-order valence-corrected chi connectivity index (χ3v) is 4.29. The lowest BCUT2D eigenvalue weighted by atomic mass is 9.97. The fourth-order valence-electron chi connectivity index (χ4n) is 2.34. The number of rotatable bonds is 13. The second-order valence-electron chi connectivity index (χ2n) is 6.58. The highest BCUT2D eigenvalue weighted by Gasteiger charge is 2.33. The van der Waals surface area contributed by atoms with Gasteiger partial charge in [0.15, 0.2) is 0 Å². The SMILES string of the molecule is C=C(C(=O)OCC(C)OC(=O)C(=C)C(CC(=O)OC)C(=O)OC)C(CC(=O)OC)C(=O)OC. The number of ether oxygens (including phenoxy) is 6. The van der Waals surface area contributed by atoms with Crippen LogP contribution in [0.25, 0.3) is 0 Å². The lowest BCUT2D eigenvalue weighted by Crippen LogP contribution is -2.31. The van der Waals surface area contributed by atoms with E-state index in [-0.39, 0.29) is 11.1 Å². The van der Waals surface area contributed by atoms with Crippen molar-refractivity contribution < 1.29 is 57.2 Å². The van der Waals surface area contributed by atoms with Crippen molar-refractivity contribution in [2.24, 2.45) is 11.8 Å². The zero-order valence-corrected chi connectivity index (χ0v) is 19.2. The number of hydrogen-bond donors (Lipinski definition) is 0. The molecule has 12 heteroatoms. The molecule has 0 amide bonds. The number of hydrogen-bond acceptors (Lipinski definition) is 12. The Bertz CT molecular complexity index is 797. The number of carbonyl (C=O) groups excluding carboxylic acids is 6. The normalized spacial score (nSPS) is 12.8. The van der Waals surface area contributed by atoms with Crippen LogP contribution in [0.15, 0.2) is 24.3 Å². The van der Waals surface area contributed by atoms with Crippen molar-refractivity contribution in [1.29, 1.82) is 0 Å². The van der Waals surface area contributed by atoms with E-state index in [1.807, 2.05) is 0 Å². The van der Waals surface area contributed by atoms with E-state index in [4.69, 9.17) is 9.47 Å². The van der Waals surface area contributed by atoms with E-state index < -0.39 is 73.2 Å². The Morgan fingerprint density at radius 3 is 1.42 bits per heavy atom. The molecule has 0 aromatic carbocycles. The molecule has 0 rings (SSSR count). The van der Waals surface area contributed by atoms with Gasteiger partial charge in [-0.2, -0.15) is 0 Å². The summed E-state index contributed by atoms with van der Waals surface area (Å²) >= 11 is 0. The van der Waals surface area contributed by atoms with Crippen LogP contribution in [0, 0.1) is 11.8 Å². The molecular formula is C21H28O12. The maximum absolute atomic E-state index is 12.3. The summed E-state index contributed by atoms with van der Waals surface area (Å²) in [4.78, 5) is 71.3. The average Bonchev–Trinajstić information content (AvgIpc) is 2.81. The zero-order valence-electron chi connectivity index (χ0n) is 19.2. The molecule has 0 radical (unpaired) electrons. The van der Waals surface area contributed by atoms with Gasteiger partial charge >= 0.3 is 35.8 Å². The van der Waals surface area contributed by atoms with Gasteiger partial charge in [-0.05, 0) is 6.92 Å². The molecule has 0 saturated carbocycles. The van der Waals surface area contributed by atoms with Crippen molar-refractivity contribution in [3.63, 3.8) is 0 Å². The Kier molecular flexibility index (Phi) is 12.8. The standard InChI is InChI=1S/C21H28O12/c1-11(33-19(25)13(3)15(21(27)31-7)9-17(23)29-5)10-32-18(24)12(2)14(20(26)30-6)8-16(22)28-4/h11,14-15H,2-3,8-10H2,1,4-7H3. The molecule has 3 unspecified atom stereocenters. The molecule has 184 valence electrons. The monoisotopic (exact) mass is 472 g/mol. The van der Waals surface area contributed by atoms with E-state index in [1.54, 1.807) is 0 Å². The van der Waals surface area contributed by atoms with E-state index in [1.165, 1.54) is 6.92 Å². The van der Waals surface area contributed by atoms with Gasteiger partial charge in [0.25, 0.3) is 0 Å². The second kappa shape index (κ2) is 14.4. The minimum Gasteiger partial charge on any atom is -0.469 e. The van der Waals surface area contributed by atoms with Crippen molar-refractivity contribution in [3.05, 3.63) is 24.3 Å². The van der Waals surface area contributed by atoms with Crippen molar-refractivity contribution in [3.8, 4) is 0 Å². The highest BCUT2D eigenvalue weighted by Crippen LogP contribution is 2.20. The van der Waals surface area contributed by atoms with Crippen molar-refractivity contribution in [2.45, 2.75) is 25.9 Å². The first-order valence-corrected chi connectivity index (χ1v) is 9.48. The largest absolute Gasteiger partial charge is 0.469 e. The third kappa shape index (κ3) is 9.54. The topological polar surface area (TPSA) is 158 Å². The van der Waals surface area contributed by atoms with Gasteiger partial charge in [0.1, 0.15) is 12.7 Å². The third-order valence-electron chi connectivity index (χ3n) is 4.29. The first-order valence-electron chi connectivity index (χ1n) is 9.48. The van der Waals surface area contributed by atoms with Crippen LogP contribution in [0.3, 0.4) is 0 Å². The van der Waals surface area contributed by atoms with Gasteiger partial charge < -0.3 is 28.4 Å². The van der Waals surface area contributed by atoms with Crippen LogP contribution >= 0.6 is 0 Å². The van der Waals surface area contributed by atoms with E-state index >= 15 is 0 Å². The Labute approximate surface area is 190 Å². The van der Waals surface area contributed by atoms with E-state index in [0.717, 1.165) is 28.4 Å². The lowest BCUT2D eigenvalue weighted by molar-refractivity contribution is -0.157. The highest BCUT2D eigenvalue weighted by molar-refractivity contribution is 5.97. The van der Waals surface area contributed by atoms with Gasteiger partial charge in [-0.15, -0.1) is 0 Å². The Morgan fingerprint density at radius 2 is 1.06 bits per heavy atom. The van der Waals surface area contributed by atoms with Crippen LogP contribution in [0.5, 0.6) is 0 Å². The summed E-state index contributed by atoms with van der Waals surface area (Å²) in [5, 5.41) is 0. The summed E-state index contributed by atoms with van der Waals surface area (Å²) in [6, 6.07) is 0. The quantitative estimate of drug-likeness (QED) is 0.205. The maximum Gasteiger partial charge on any atom is 0.334 e. The van der Waals surface area contributed by atoms with E-state index in [2.05, 4.69) is 32.1 Å². The second-order valence-corrected chi connectivity index (χ2v) is 6.58. The smallest absolute Gasteiger partial charge is 0.334 e. The van der Waals surface area contributed by atoms with Crippen molar-refractivity contribution in [2.75, 3.05) is 35.0 Å². The van der Waals surface area contributed by atoms with Crippen molar-refractivity contribution >= 4 is 35.8 Å². The molecule has 0 heterocycles. The fourth-order valence-corrected chi connectivity index (χ4v) is 2.34. The minimum atomic E-state index is -1.33. The fraction of sp³-hybridized carbons (Fsp3) is 0.524. The molecule has 0 fully saturated rings. The molecule has 0 spiro atoms.